The number of carbonyl (C=O) groups is 4. The van der Waals surface area contributed by atoms with Crippen molar-refractivity contribution in [2.24, 2.45) is 5.92 Å². The number of allylic oxidation sites excluding steroid dienone is 3. The van der Waals surface area contributed by atoms with E-state index in [0.717, 1.165) is 0 Å². The molecule has 0 radical (unpaired) electrons. The Labute approximate surface area is 178 Å². The van der Waals surface area contributed by atoms with Gasteiger partial charge in [-0.05, 0) is 18.2 Å². The maximum absolute atomic E-state index is 13.8. The van der Waals surface area contributed by atoms with Crippen LogP contribution in [0, 0.1) is 5.92 Å². The van der Waals surface area contributed by atoms with E-state index in [1.807, 2.05) is 6.07 Å². The first-order valence-corrected chi connectivity index (χ1v) is 9.95. The number of nitrogens with zero attached hydrogens (tertiary/aromatic N) is 1. The van der Waals surface area contributed by atoms with Crippen molar-refractivity contribution in [2.45, 2.75) is 13.0 Å². The standard InChI is InChI=1S/C25H18N2O4/c1-14(28)26-17-11-7-10-16-19(17)25(31)21-20(23(29)15-8-3-2-4-9-15)18-12-5-6-13-27(18)22(21)24(16)30/h2-13,21-22H,1H3,(H,26,28). The van der Waals surface area contributed by atoms with E-state index in [2.05, 4.69) is 5.32 Å². The van der Waals surface area contributed by atoms with Crippen LogP contribution in [0.3, 0.4) is 0 Å². The average Bonchev–Trinajstić information content (AvgIpc) is 3.13. The van der Waals surface area contributed by atoms with Gasteiger partial charge in [-0.2, -0.15) is 0 Å². The van der Waals surface area contributed by atoms with E-state index in [0.29, 0.717) is 16.8 Å². The zero-order valence-corrected chi connectivity index (χ0v) is 16.7. The Kier molecular flexibility index (Phi) is 4.29. The van der Waals surface area contributed by atoms with Crippen LogP contribution in [0.5, 0.6) is 0 Å². The van der Waals surface area contributed by atoms with Crippen molar-refractivity contribution in [1.29, 1.82) is 0 Å². The second-order valence-electron chi connectivity index (χ2n) is 7.66. The number of anilines is 1. The third kappa shape index (κ3) is 2.79. The lowest BCUT2D eigenvalue weighted by Crippen LogP contribution is -2.46. The summed E-state index contributed by atoms with van der Waals surface area (Å²) < 4.78 is 0. The molecule has 2 unspecified atom stereocenters. The molecule has 0 bridgehead atoms. The molecule has 0 aromatic heterocycles. The molecule has 3 aliphatic rings. The number of benzene rings is 2. The number of rotatable bonds is 3. The molecule has 2 atom stereocenters. The normalized spacial score (nSPS) is 21.0. The molecule has 6 nitrogen and oxygen atoms in total. The average molecular weight is 410 g/mol. The largest absolute Gasteiger partial charge is 0.336 e. The Morgan fingerprint density at radius 2 is 1.71 bits per heavy atom. The van der Waals surface area contributed by atoms with Gasteiger partial charge >= 0.3 is 0 Å². The maximum Gasteiger partial charge on any atom is 0.221 e. The molecule has 2 heterocycles. The summed E-state index contributed by atoms with van der Waals surface area (Å²) in [5.41, 5.74) is 2.02. The van der Waals surface area contributed by atoms with Crippen LogP contribution in [-0.2, 0) is 4.79 Å². The molecule has 0 fully saturated rings. The fourth-order valence-electron chi connectivity index (χ4n) is 4.59. The van der Waals surface area contributed by atoms with Gasteiger partial charge in [-0.3, -0.25) is 19.2 Å². The van der Waals surface area contributed by atoms with Gasteiger partial charge in [-0.1, -0.05) is 48.5 Å². The molecule has 1 N–H and O–H groups in total. The van der Waals surface area contributed by atoms with Crippen LogP contribution in [0.1, 0.15) is 38.0 Å². The topological polar surface area (TPSA) is 83.6 Å². The van der Waals surface area contributed by atoms with Crippen LogP contribution in [0.15, 0.2) is 84.2 Å². The number of hydrogen-bond acceptors (Lipinski definition) is 5. The minimum Gasteiger partial charge on any atom is -0.336 e. The minimum atomic E-state index is -0.954. The van der Waals surface area contributed by atoms with Crippen LogP contribution in [0.25, 0.3) is 0 Å². The highest BCUT2D eigenvalue weighted by atomic mass is 16.2. The van der Waals surface area contributed by atoms with Crippen LogP contribution >= 0.6 is 0 Å². The van der Waals surface area contributed by atoms with Crippen molar-refractivity contribution in [3.63, 3.8) is 0 Å². The van der Waals surface area contributed by atoms with E-state index in [1.165, 1.54) is 6.92 Å². The predicted molar refractivity (Wildman–Crippen MR) is 115 cm³/mol. The molecule has 2 aromatic rings. The summed E-state index contributed by atoms with van der Waals surface area (Å²) in [7, 11) is 0. The molecular weight excluding hydrogens is 392 g/mol. The van der Waals surface area contributed by atoms with Crippen LogP contribution < -0.4 is 5.32 Å². The number of nitrogens with one attached hydrogen (secondary N) is 1. The first-order chi connectivity index (χ1) is 15.0. The van der Waals surface area contributed by atoms with Crippen molar-refractivity contribution < 1.29 is 19.2 Å². The zero-order valence-electron chi connectivity index (χ0n) is 16.7. The van der Waals surface area contributed by atoms with Gasteiger partial charge in [-0.25, -0.2) is 0 Å². The molecule has 2 aliphatic heterocycles. The lowest BCUT2D eigenvalue weighted by Gasteiger charge is -2.33. The maximum atomic E-state index is 13.8. The highest BCUT2D eigenvalue weighted by Crippen LogP contribution is 2.45. The Morgan fingerprint density at radius 1 is 0.935 bits per heavy atom. The highest BCUT2D eigenvalue weighted by molar-refractivity contribution is 6.26. The van der Waals surface area contributed by atoms with Gasteiger partial charge in [0.25, 0.3) is 0 Å². The van der Waals surface area contributed by atoms with Crippen molar-refractivity contribution in [3.8, 4) is 0 Å². The zero-order chi connectivity index (χ0) is 21.7. The van der Waals surface area contributed by atoms with Gasteiger partial charge in [0.1, 0.15) is 6.04 Å². The summed E-state index contributed by atoms with van der Waals surface area (Å²) in [6.45, 7) is 1.34. The SMILES string of the molecule is CC(=O)Nc1cccc2c1C(=O)C1C(C(=O)c3ccccc3)=C3C=CC=CN3C1C2=O. The summed E-state index contributed by atoms with van der Waals surface area (Å²) in [4.78, 5) is 54.2. The quantitative estimate of drug-likeness (QED) is 0.783. The van der Waals surface area contributed by atoms with E-state index in [-0.39, 0.29) is 40.1 Å². The van der Waals surface area contributed by atoms with E-state index >= 15 is 0 Å². The number of hydrogen-bond donors (Lipinski definition) is 1. The molecular formula is C25H18N2O4. The summed E-state index contributed by atoms with van der Waals surface area (Å²) in [6.07, 6.45) is 7.05. The van der Waals surface area contributed by atoms with Crippen molar-refractivity contribution in [3.05, 3.63) is 101 Å². The number of carbonyl (C=O) groups excluding carboxylic acids is 4. The lowest BCUT2D eigenvalue weighted by molar-refractivity contribution is -0.114. The number of amides is 1. The highest BCUT2D eigenvalue weighted by Gasteiger charge is 2.54. The minimum absolute atomic E-state index is 0.163. The summed E-state index contributed by atoms with van der Waals surface area (Å²) >= 11 is 0. The van der Waals surface area contributed by atoms with Gasteiger partial charge in [0, 0.05) is 35.5 Å². The van der Waals surface area contributed by atoms with E-state index in [9.17, 15) is 19.2 Å². The van der Waals surface area contributed by atoms with Gasteiger partial charge in [0.05, 0.1) is 17.2 Å². The number of ketones is 3. The smallest absolute Gasteiger partial charge is 0.221 e. The van der Waals surface area contributed by atoms with Crippen molar-refractivity contribution in [1.82, 2.24) is 4.90 Å². The fraction of sp³-hybridized carbons (Fsp3) is 0.120. The molecule has 5 rings (SSSR count). The molecule has 1 amide bonds. The van der Waals surface area contributed by atoms with Gasteiger partial charge in [0.2, 0.25) is 5.91 Å². The molecule has 31 heavy (non-hydrogen) atoms. The van der Waals surface area contributed by atoms with E-state index < -0.39 is 12.0 Å². The molecule has 152 valence electrons. The first kappa shape index (κ1) is 18.9. The molecule has 0 saturated heterocycles. The molecule has 0 saturated carbocycles. The van der Waals surface area contributed by atoms with Crippen LogP contribution in [-0.4, -0.2) is 34.2 Å². The third-order valence-electron chi connectivity index (χ3n) is 5.81. The summed E-state index contributed by atoms with van der Waals surface area (Å²) in [5, 5.41) is 2.65. The van der Waals surface area contributed by atoms with Crippen LogP contribution in [0.4, 0.5) is 5.69 Å². The Balaban J connectivity index is 1.71. The molecule has 0 spiro atoms. The van der Waals surface area contributed by atoms with E-state index in [1.54, 1.807) is 71.8 Å². The van der Waals surface area contributed by atoms with E-state index in [4.69, 9.17) is 0 Å². The molecule has 2 aromatic carbocycles. The summed E-state index contributed by atoms with van der Waals surface area (Å²) in [6, 6.07) is 12.7. The third-order valence-corrected chi connectivity index (χ3v) is 5.81. The monoisotopic (exact) mass is 410 g/mol. The first-order valence-electron chi connectivity index (χ1n) is 9.95. The summed E-state index contributed by atoms with van der Waals surface area (Å²) in [5.74, 6) is -2.17. The Bertz CT molecular complexity index is 1250. The second-order valence-corrected chi connectivity index (χ2v) is 7.66. The predicted octanol–water partition coefficient (Wildman–Crippen LogP) is 3.54. The molecule has 6 heteroatoms. The van der Waals surface area contributed by atoms with Crippen LogP contribution in [0.2, 0.25) is 0 Å². The van der Waals surface area contributed by atoms with Gasteiger partial charge in [-0.15, -0.1) is 0 Å². The van der Waals surface area contributed by atoms with Crippen molar-refractivity contribution in [2.75, 3.05) is 5.32 Å². The number of Topliss-reactive ketones (excluding diaryl/α,β-unsaturated/α-hetero) is 3. The second kappa shape index (κ2) is 7.02. The van der Waals surface area contributed by atoms with Crippen molar-refractivity contribution >= 4 is 28.9 Å². The molecule has 1 aliphatic carbocycles. The van der Waals surface area contributed by atoms with Gasteiger partial charge in [0.15, 0.2) is 17.3 Å². The number of fused-ring (bicyclic) bond motifs is 4. The fourth-order valence-corrected chi connectivity index (χ4v) is 4.59. The Morgan fingerprint density at radius 3 is 2.45 bits per heavy atom. The Hall–Kier alpha value is -4.06. The lowest BCUT2D eigenvalue weighted by atomic mass is 9.74. The van der Waals surface area contributed by atoms with Gasteiger partial charge < -0.3 is 10.2 Å².